The SMILES string of the molecule is CCNC(=NCC(CC)N1CCc2ccccc2C1)NCCNC(=O)C1CC1. The molecule has 1 aliphatic carbocycles. The lowest BCUT2D eigenvalue weighted by molar-refractivity contribution is -0.122. The third kappa shape index (κ3) is 5.96. The maximum Gasteiger partial charge on any atom is 0.223 e. The predicted octanol–water partition coefficient (Wildman–Crippen LogP) is 1.90. The summed E-state index contributed by atoms with van der Waals surface area (Å²) in [4.78, 5) is 19.1. The van der Waals surface area contributed by atoms with Crippen LogP contribution >= 0.6 is 0 Å². The predicted molar refractivity (Wildman–Crippen MR) is 114 cm³/mol. The molecule has 1 aromatic carbocycles. The molecule has 1 aliphatic heterocycles. The summed E-state index contributed by atoms with van der Waals surface area (Å²) in [5.74, 6) is 1.29. The molecule has 0 saturated heterocycles. The van der Waals surface area contributed by atoms with Crippen LogP contribution in [0, 0.1) is 5.92 Å². The molecule has 1 saturated carbocycles. The Balaban J connectivity index is 1.48. The van der Waals surface area contributed by atoms with Gasteiger partial charge in [-0.15, -0.1) is 0 Å². The topological polar surface area (TPSA) is 68.8 Å². The second kappa shape index (κ2) is 10.5. The Labute approximate surface area is 169 Å². The molecule has 3 rings (SSSR count). The smallest absolute Gasteiger partial charge is 0.223 e. The number of benzene rings is 1. The Morgan fingerprint density at radius 3 is 2.61 bits per heavy atom. The highest BCUT2D eigenvalue weighted by Gasteiger charge is 2.29. The molecule has 6 nitrogen and oxygen atoms in total. The van der Waals surface area contributed by atoms with Crippen LogP contribution in [-0.2, 0) is 17.8 Å². The zero-order chi connectivity index (χ0) is 19.8. The van der Waals surface area contributed by atoms with Gasteiger partial charge < -0.3 is 16.0 Å². The molecule has 2 aliphatic rings. The van der Waals surface area contributed by atoms with Gasteiger partial charge in [-0.3, -0.25) is 14.7 Å². The summed E-state index contributed by atoms with van der Waals surface area (Å²) >= 11 is 0. The van der Waals surface area contributed by atoms with E-state index in [-0.39, 0.29) is 11.8 Å². The molecule has 1 amide bonds. The van der Waals surface area contributed by atoms with Gasteiger partial charge in [0.2, 0.25) is 5.91 Å². The first-order valence-corrected chi connectivity index (χ1v) is 10.8. The van der Waals surface area contributed by atoms with Gasteiger partial charge in [-0.05, 0) is 43.7 Å². The van der Waals surface area contributed by atoms with Crippen molar-refractivity contribution >= 4 is 11.9 Å². The molecule has 0 bridgehead atoms. The van der Waals surface area contributed by atoms with Crippen LogP contribution in [0.15, 0.2) is 29.3 Å². The summed E-state index contributed by atoms with van der Waals surface area (Å²) in [5.41, 5.74) is 2.94. The normalized spacial score (nSPS) is 18.3. The van der Waals surface area contributed by atoms with Gasteiger partial charge in [-0.1, -0.05) is 31.2 Å². The number of carbonyl (C=O) groups is 1. The van der Waals surface area contributed by atoms with Crippen LogP contribution in [0.5, 0.6) is 0 Å². The monoisotopic (exact) mass is 385 g/mol. The summed E-state index contributed by atoms with van der Waals surface area (Å²) in [6, 6.07) is 9.21. The summed E-state index contributed by atoms with van der Waals surface area (Å²) in [7, 11) is 0. The number of nitrogens with zero attached hydrogens (tertiary/aromatic N) is 2. The van der Waals surface area contributed by atoms with E-state index in [1.807, 2.05) is 0 Å². The standard InChI is InChI=1S/C22H35N5O/c1-3-20(27-14-11-17-7-5-6-8-19(17)16-27)15-26-22(23-4-2)25-13-12-24-21(28)18-9-10-18/h5-8,18,20H,3-4,9-16H2,1-2H3,(H,24,28)(H2,23,25,26). The number of rotatable bonds is 9. The molecule has 28 heavy (non-hydrogen) atoms. The summed E-state index contributed by atoms with van der Waals surface area (Å²) < 4.78 is 0. The summed E-state index contributed by atoms with van der Waals surface area (Å²) in [6.45, 7) is 9.37. The van der Waals surface area contributed by atoms with Crippen LogP contribution in [0.2, 0.25) is 0 Å². The van der Waals surface area contributed by atoms with Crippen molar-refractivity contribution in [3.05, 3.63) is 35.4 Å². The van der Waals surface area contributed by atoms with Crippen molar-refractivity contribution in [2.24, 2.45) is 10.9 Å². The van der Waals surface area contributed by atoms with Crippen molar-refractivity contribution in [1.82, 2.24) is 20.9 Å². The minimum absolute atomic E-state index is 0.195. The first-order valence-electron chi connectivity index (χ1n) is 10.8. The molecule has 1 fully saturated rings. The van der Waals surface area contributed by atoms with Gasteiger partial charge in [-0.2, -0.15) is 0 Å². The first kappa shape index (κ1) is 20.6. The highest BCUT2D eigenvalue weighted by atomic mass is 16.2. The van der Waals surface area contributed by atoms with E-state index in [1.165, 1.54) is 11.1 Å². The molecule has 0 radical (unpaired) electrons. The number of aliphatic imine (C=N–C) groups is 1. The number of guanidine groups is 1. The largest absolute Gasteiger partial charge is 0.357 e. The maximum absolute atomic E-state index is 11.7. The average molecular weight is 386 g/mol. The van der Waals surface area contributed by atoms with Gasteiger partial charge in [0.25, 0.3) is 0 Å². The zero-order valence-electron chi connectivity index (χ0n) is 17.3. The number of amides is 1. The lowest BCUT2D eigenvalue weighted by Gasteiger charge is -2.34. The van der Waals surface area contributed by atoms with Crippen molar-refractivity contribution < 1.29 is 4.79 Å². The second-order valence-corrected chi connectivity index (χ2v) is 7.76. The van der Waals surface area contributed by atoms with Crippen molar-refractivity contribution in [2.75, 3.05) is 32.7 Å². The molecule has 6 heteroatoms. The summed E-state index contributed by atoms with van der Waals surface area (Å²) in [5, 5.41) is 9.64. The third-order valence-corrected chi connectivity index (χ3v) is 5.62. The molecule has 0 spiro atoms. The van der Waals surface area contributed by atoms with E-state index < -0.39 is 0 Å². The molecule has 0 aromatic heterocycles. The number of carbonyl (C=O) groups excluding carboxylic acids is 1. The Hall–Kier alpha value is -2.08. The number of nitrogens with one attached hydrogen (secondary N) is 3. The van der Waals surface area contributed by atoms with Crippen molar-refractivity contribution in [1.29, 1.82) is 0 Å². The van der Waals surface area contributed by atoms with E-state index in [4.69, 9.17) is 4.99 Å². The lowest BCUT2D eigenvalue weighted by Crippen LogP contribution is -2.44. The highest BCUT2D eigenvalue weighted by Crippen LogP contribution is 2.28. The molecular formula is C22H35N5O. The van der Waals surface area contributed by atoms with Crippen LogP contribution in [0.4, 0.5) is 0 Å². The van der Waals surface area contributed by atoms with E-state index in [0.717, 1.165) is 57.8 Å². The van der Waals surface area contributed by atoms with Crippen LogP contribution < -0.4 is 16.0 Å². The quantitative estimate of drug-likeness (QED) is 0.345. The second-order valence-electron chi connectivity index (χ2n) is 7.76. The Morgan fingerprint density at radius 2 is 1.89 bits per heavy atom. The van der Waals surface area contributed by atoms with Crippen molar-refractivity contribution in [3.8, 4) is 0 Å². The van der Waals surface area contributed by atoms with Crippen LogP contribution in [0.1, 0.15) is 44.2 Å². The molecule has 154 valence electrons. The number of fused-ring (bicyclic) bond motifs is 1. The minimum atomic E-state index is 0.195. The number of hydrogen-bond donors (Lipinski definition) is 3. The van der Waals surface area contributed by atoms with E-state index in [2.05, 4.69) is 59.0 Å². The highest BCUT2D eigenvalue weighted by molar-refractivity contribution is 5.81. The molecule has 1 aromatic rings. The van der Waals surface area contributed by atoms with E-state index in [1.54, 1.807) is 0 Å². The lowest BCUT2D eigenvalue weighted by atomic mass is 9.98. The summed E-state index contributed by atoms with van der Waals surface area (Å²) in [6.07, 6.45) is 4.30. The Kier molecular flexibility index (Phi) is 7.71. The van der Waals surface area contributed by atoms with Gasteiger partial charge in [0.05, 0.1) is 6.54 Å². The molecule has 1 atom stereocenters. The fourth-order valence-electron chi connectivity index (χ4n) is 3.73. The van der Waals surface area contributed by atoms with Gasteiger partial charge in [-0.25, -0.2) is 0 Å². The fourth-order valence-corrected chi connectivity index (χ4v) is 3.73. The fraction of sp³-hybridized carbons (Fsp3) is 0.636. The minimum Gasteiger partial charge on any atom is -0.357 e. The van der Waals surface area contributed by atoms with Crippen LogP contribution in [0.3, 0.4) is 0 Å². The zero-order valence-corrected chi connectivity index (χ0v) is 17.3. The van der Waals surface area contributed by atoms with E-state index in [0.29, 0.717) is 19.1 Å². The van der Waals surface area contributed by atoms with Crippen LogP contribution in [0.25, 0.3) is 0 Å². The molecule has 1 heterocycles. The number of hydrogen-bond acceptors (Lipinski definition) is 3. The molecule has 1 unspecified atom stereocenters. The van der Waals surface area contributed by atoms with Gasteiger partial charge in [0, 0.05) is 44.7 Å². The third-order valence-electron chi connectivity index (χ3n) is 5.62. The Morgan fingerprint density at radius 1 is 1.14 bits per heavy atom. The van der Waals surface area contributed by atoms with Gasteiger partial charge in [0.15, 0.2) is 5.96 Å². The van der Waals surface area contributed by atoms with E-state index in [9.17, 15) is 4.79 Å². The van der Waals surface area contributed by atoms with Gasteiger partial charge >= 0.3 is 0 Å². The van der Waals surface area contributed by atoms with E-state index >= 15 is 0 Å². The van der Waals surface area contributed by atoms with Gasteiger partial charge in [0.1, 0.15) is 0 Å². The Bertz CT molecular complexity index is 671. The van der Waals surface area contributed by atoms with Crippen LogP contribution in [-0.4, -0.2) is 55.5 Å². The van der Waals surface area contributed by atoms with Crippen molar-refractivity contribution in [2.45, 2.75) is 52.1 Å². The van der Waals surface area contributed by atoms with Crippen molar-refractivity contribution in [3.63, 3.8) is 0 Å². The first-order chi connectivity index (χ1) is 13.7. The molecule has 3 N–H and O–H groups in total. The average Bonchev–Trinajstić information content (AvgIpc) is 3.56. The molecular weight excluding hydrogens is 350 g/mol. The maximum atomic E-state index is 11.7.